The highest BCUT2D eigenvalue weighted by molar-refractivity contribution is 6.03. The molecule has 1 heterocycles. The van der Waals surface area contributed by atoms with Gasteiger partial charge in [-0.3, -0.25) is 4.99 Å². The van der Waals surface area contributed by atoms with E-state index in [4.69, 9.17) is 0 Å². The molecule has 0 atom stereocenters. The second kappa shape index (κ2) is 3.65. The molecule has 0 N–H and O–H groups in total. The average Bonchev–Trinajstić information content (AvgIpc) is 2.45. The minimum atomic E-state index is 0.274. The fourth-order valence-corrected chi connectivity index (χ4v) is 2.09. The summed E-state index contributed by atoms with van der Waals surface area (Å²) >= 11 is 0. The lowest BCUT2D eigenvalue weighted by Gasteiger charge is -2.23. The van der Waals surface area contributed by atoms with Gasteiger partial charge in [-0.25, -0.2) is 0 Å². The van der Waals surface area contributed by atoms with Gasteiger partial charge >= 0.3 is 0 Å². The smallest absolute Gasteiger partial charge is 0.0609 e. The zero-order chi connectivity index (χ0) is 10.1. The van der Waals surface area contributed by atoms with Crippen molar-refractivity contribution in [2.75, 3.05) is 6.54 Å². The van der Waals surface area contributed by atoms with Crippen LogP contribution < -0.4 is 0 Å². The Morgan fingerprint density at radius 3 is 2.15 bits per heavy atom. The Hall–Kier alpha value is -0.590. The molecule has 0 saturated heterocycles. The van der Waals surface area contributed by atoms with Gasteiger partial charge in [0.2, 0.25) is 0 Å². The second-order valence-electron chi connectivity index (χ2n) is 4.70. The van der Waals surface area contributed by atoms with Gasteiger partial charge in [0, 0.05) is 5.71 Å². The summed E-state index contributed by atoms with van der Waals surface area (Å²) in [5.41, 5.74) is 4.68. The van der Waals surface area contributed by atoms with Crippen molar-refractivity contribution < 1.29 is 0 Å². The van der Waals surface area contributed by atoms with Crippen LogP contribution in [0.15, 0.2) is 16.1 Å². The maximum Gasteiger partial charge on any atom is 0.0609 e. The van der Waals surface area contributed by atoms with Gasteiger partial charge in [-0.05, 0) is 29.4 Å². The van der Waals surface area contributed by atoms with E-state index in [-0.39, 0.29) is 5.41 Å². The molecule has 0 aromatic rings. The van der Waals surface area contributed by atoms with Gasteiger partial charge in [-0.15, -0.1) is 0 Å². The van der Waals surface area contributed by atoms with Gasteiger partial charge in [0.05, 0.1) is 6.54 Å². The molecular weight excluding hydrogens is 158 g/mol. The molecule has 0 radical (unpaired) electrons. The maximum absolute atomic E-state index is 4.60. The summed E-state index contributed by atoms with van der Waals surface area (Å²) in [5.74, 6) is 0. The number of hydrogen-bond donors (Lipinski definition) is 0. The van der Waals surface area contributed by atoms with E-state index in [1.807, 2.05) is 0 Å². The van der Waals surface area contributed by atoms with E-state index in [1.165, 1.54) is 11.3 Å². The van der Waals surface area contributed by atoms with Crippen LogP contribution in [0.1, 0.15) is 47.5 Å². The summed E-state index contributed by atoms with van der Waals surface area (Å²) in [6.07, 6.45) is 2.23. The molecule has 0 spiro atoms. The van der Waals surface area contributed by atoms with E-state index in [0.29, 0.717) is 0 Å². The zero-order valence-electron chi connectivity index (χ0n) is 9.57. The lowest BCUT2D eigenvalue weighted by atomic mass is 9.80. The van der Waals surface area contributed by atoms with Crippen molar-refractivity contribution in [3.63, 3.8) is 0 Å². The van der Waals surface area contributed by atoms with Gasteiger partial charge in [0.1, 0.15) is 0 Å². The molecule has 0 aromatic carbocycles. The molecule has 74 valence electrons. The van der Waals surface area contributed by atoms with Crippen molar-refractivity contribution in [1.29, 1.82) is 0 Å². The normalized spacial score (nSPS) is 18.1. The molecule has 0 aromatic heterocycles. The van der Waals surface area contributed by atoms with E-state index < -0.39 is 0 Å². The molecule has 1 aliphatic rings. The van der Waals surface area contributed by atoms with Gasteiger partial charge in [0.25, 0.3) is 0 Å². The molecular formula is C12H21N. The van der Waals surface area contributed by atoms with Crippen molar-refractivity contribution in [3.05, 3.63) is 11.1 Å². The highest BCUT2D eigenvalue weighted by Gasteiger charge is 2.27. The first-order valence-electron chi connectivity index (χ1n) is 5.26. The van der Waals surface area contributed by atoms with Crippen LogP contribution in [-0.4, -0.2) is 12.3 Å². The Morgan fingerprint density at radius 2 is 1.77 bits per heavy atom. The predicted molar refractivity (Wildman–Crippen MR) is 59.4 cm³/mol. The van der Waals surface area contributed by atoms with E-state index in [9.17, 15) is 0 Å². The number of allylic oxidation sites excluding steroid dienone is 1. The average molecular weight is 179 g/mol. The summed E-state index contributed by atoms with van der Waals surface area (Å²) in [6.45, 7) is 12.2. The summed E-state index contributed by atoms with van der Waals surface area (Å²) < 4.78 is 0. The lowest BCUT2D eigenvalue weighted by Crippen LogP contribution is -2.17. The molecule has 1 heteroatoms. The quantitative estimate of drug-likeness (QED) is 0.614. The van der Waals surface area contributed by atoms with Gasteiger partial charge in [-0.1, -0.05) is 34.6 Å². The van der Waals surface area contributed by atoms with E-state index in [0.717, 1.165) is 19.4 Å². The topological polar surface area (TPSA) is 12.4 Å². The Kier molecular flexibility index (Phi) is 2.94. The predicted octanol–water partition coefficient (Wildman–Crippen LogP) is 3.60. The third-order valence-corrected chi connectivity index (χ3v) is 2.61. The number of hydrogen-bond acceptors (Lipinski definition) is 1. The van der Waals surface area contributed by atoms with Gasteiger partial charge in [-0.2, -0.15) is 0 Å². The number of nitrogens with zero attached hydrogens (tertiary/aromatic N) is 1. The monoisotopic (exact) mass is 179 g/mol. The molecule has 0 saturated carbocycles. The molecule has 1 aliphatic heterocycles. The summed E-state index contributed by atoms with van der Waals surface area (Å²) in [6, 6.07) is 0. The maximum atomic E-state index is 4.60. The molecule has 13 heavy (non-hydrogen) atoms. The fourth-order valence-electron chi connectivity index (χ4n) is 2.09. The van der Waals surface area contributed by atoms with Crippen LogP contribution in [0.25, 0.3) is 0 Å². The van der Waals surface area contributed by atoms with Gasteiger partial charge < -0.3 is 0 Å². The second-order valence-corrected chi connectivity index (χ2v) is 4.70. The molecule has 0 bridgehead atoms. The first-order chi connectivity index (χ1) is 6.00. The highest BCUT2D eigenvalue weighted by atomic mass is 14.8. The minimum Gasteiger partial charge on any atom is -0.285 e. The van der Waals surface area contributed by atoms with E-state index in [1.54, 1.807) is 5.57 Å². The first kappa shape index (κ1) is 10.5. The molecule has 1 nitrogen and oxygen atoms in total. The van der Waals surface area contributed by atoms with Crippen LogP contribution in [0.2, 0.25) is 0 Å². The lowest BCUT2D eigenvalue weighted by molar-refractivity contribution is 0.518. The van der Waals surface area contributed by atoms with Crippen LogP contribution in [-0.2, 0) is 0 Å². The third kappa shape index (κ3) is 2.01. The largest absolute Gasteiger partial charge is 0.285 e. The zero-order valence-corrected chi connectivity index (χ0v) is 9.57. The number of rotatable bonds is 2. The van der Waals surface area contributed by atoms with Gasteiger partial charge in [0.15, 0.2) is 0 Å². The Bertz CT molecular complexity index is 251. The van der Waals surface area contributed by atoms with Crippen LogP contribution in [0, 0.1) is 5.41 Å². The Morgan fingerprint density at radius 1 is 1.15 bits per heavy atom. The highest BCUT2D eigenvalue weighted by Crippen LogP contribution is 2.34. The fraction of sp³-hybridized carbons (Fsp3) is 0.750. The molecule has 0 fully saturated rings. The van der Waals surface area contributed by atoms with Crippen molar-refractivity contribution >= 4 is 5.71 Å². The van der Waals surface area contributed by atoms with Crippen molar-refractivity contribution in [2.24, 2.45) is 10.4 Å². The van der Waals surface area contributed by atoms with Crippen LogP contribution in [0.4, 0.5) is 0 Å². The van der Waals surface area contributed by atoms with E-state index >= 15 is 0 Å². The van der Waals surface area contributed by atoms with Crippen molar-refractivity contribution in [2.45, 2.75) is 47.5 Å². The summed E-state index contributed by atoms with van der Waals surface area (Å²) in [5, 5.41) is 0. The molecule has 0 unspecified atom stereocenters. The Labute approximate surface area is 82.0 Å². The van der Waals surface area contributed by atoms with Crippen LogP contribution in [0.3, 0.4) is 0 Å². The minimum absolute atomic E-state index is 0.274. The van der Waals surface area contributed by atoms with E-state index in [2.05, 4.69) is 39.6 Å². The number of aliphatic imine (C=N–C) groups is 1. The SMILES string of the molecule is CCC1=NCC(CC)=C1C(C)(C)C. The first-order valence-corrected chi connectivity index (χ1v) is 5.26. The molecule has 1 rings (SSSR count). The third-order valence-electron chi connectivity index (χ3n) is 2.61. The standard InChI is InChI=1S/C12H21N/c1-6-9-8-13-10(7-2)11(9)12(3,4)5/h6-8H2,1-5H3. The van der Waals surface area contributed by atoms with Crippen molar-refractivity contribution in [3.8, 4) is 0 Å². The molecule has 0 amide bonds. The van der Waals surface area contributed by atoms with Crippen LogP contribution in [0.5, 0.6) is 0 Å². The Balaban J connectivity index is 3.04. The van der Waals surface area contributed by atoms with Crippen molar-refractivity contribution in [1.82, 2.24) is 0 Å². The summed E-state index contributed by atoms with van der Waals surface area (Å²) in [4.78, 5) is 4.60. The molecule has 0 aliphatic carbocycles. The van der Waals surface area contributed by atoms with Crippen LogP contribution >= 0.6 is 0 Å². The summed E-state index contributed by atoms with van der Waals surface area (Å²) in [7, 11) is 0.